The van der Waals surface area contributed by atoms with E-state index in [9.17, 15) is 27.9 Å². The highest BCUT2D eigenvalue weighted by molar-refractivity contribution is 5.93. The number of alkyl halides is 3. The van der Waals surface area contributed by atoms with Crippen LogP contribution in [0, 0.1) is 0 Å². The number of amides is 1. The van der Waals surface area contributed by atoms with Gasteiger partial charge in [-0.05, 0) is 11.1 Å². The van der Waals surface area contributed by atoms with E-state index in [4.69, 9.17) is 0 Å². The molecule has 0 aliphatic rings. The van der Waals surface area contributed by atoms with Gasteiger partial charge in [-0.25, -0.2) is 4.79 Å². The van der Waals surface area contributed by atoms with Gasteiger partial charge in [0, 0.05) is 0 Å². The molecule has 2 rings (SSSR count). The smallest absolute Gasteiger partial charge is 0.471 e. The van der Waals surface area contributed by atoms with Gasteiger partial charge >= 0.3 is 18.1 Å². The summed E-state index contributed by atoms with van der Waals surface area (Å²) in [5.74, 6) is -3.94. The Kier molecular flexibility index (Phi) is 4.40. The van der Waals surface area contributed by atoms with E-state index in [1.807, 2.05) is 0 Å². The minimum absolute atomic E-state index is 0.0105. The van der Waals surface area contributed by atoms with Crippen LogP contribution in [-0.4, -0.2) is 23.2 Å². The predicted molar refractivity (Wildman–Crippen MR) is 75.5 cm³/mol. The summed E-state index contributed by atoms with van der Waals surface area (Å²) in [6.45, 7) is 0. The normalized spacial score (nSPS) is 11.8. The van der Waals surface area contributed by atoms with E-state index in [2.05, 4.69) is 0 Å². The average Bonchev–Trinajstić information content (AvgIpc) is 2.52. The van der Waals surface area contributed by atoms with Crippen LogP contribution in [-0.2, 0) is 15.1 Å². The van der Waals surface area contributed by atoms with Gasteiger partial charge in [0.1, 0.15) is 0 Å². The minimum atomic E-state index is -5.20. The average molecular weight is 323 g/mol. The fraction of sp³-hybridized carbons (Fsp3) is 0.125. The molecule has 120 valence electrons. The molecule has 0 aromatic heterocycles. The Balaban J connectivity index is 2.67. The summed E-state index contributed by atoms with van der Waals surface area (Å²) in [5.41, 5.74) is -2.32. The summed E-state index contributed by atoms with van der Waals surface area (Å²) in [7, 11) is 0. The zero-order chi connectivity index (χ0) is 17.1. The lowest BCUT2D eigenvalue weighted by Crippen LogP contribution is -2.56. The first kappa shape index (κ1) is 16.5. The van der Waals surface area contributed by atoms with Crippen LogP contribution in [0.1, 0.15) is 11.1 Å². The molecular weight excluding hydrogens is 311 g/mol. The van der Waals surface area contributed by atoms with Gasteiger partial charge in [0.2, 0.25) is 0 Å². The largest absolute Gasteiger partial charge is 0.479 e. The Labute approximate surface area is 129 Å². The third-order valence-corrected chi connectivity index (χ3v) is 3.29. The maximum absolute atomic E-state index is 12.7. The van der Waals surface area contributed by atoms with Crippen LogP contribution in [0.15, 0.2) is 60.7 Å². The predicted octanol–water partition coefficient (Wildman–Crippen LogP) is 2.69. The lowest BCUT2D eigenvalue weighted by molar-refractivity contribution is -0.177. The molecule has 2 aromatic carbocycles. The molecule has 0 aliphatic heterocycles. The molecule has 23 heavy (non-hydrogen) atoms. The van der Waals surface area contributed by atoms with Crippen molar-refractivity contribution in [1.29, 1.82) is 0 Å². The highest BCUT2D eigenvalue weighted by Gasteiger charge is 2.49. The Morgan fingerprint density at radius 2 is 1.22 bits per heavy atom. The second kappa shape index (κ2) is 6.12. The highest BCUT2D eigenvalue weighted by atomic mass is 19.4. The number of carbonyl (C=O) groups is 2. The second-order valence-electron chi connectivity index (χ2n) is 4.74. The zero-order valence-corrected chi connectivity index (χ0v) is 11.7. The molecular formula is C16H12F3NO3. The van der Waals surface area contributed by atoms with Crippen molar-refractivity contribution in [2.24, 2.45) is 0 Å². The molecule has 0 spiro atoms. The van der Waals surface area contributed by atoms with Gasteiger partial charge in [-0.15, -0.1) is 0 Å². The number of nitrogens with one attached hydrogen (secondary N) is 1. The van der Waals surface area contributed by atoms with E-state index >= 15 is 0 Å². The first-order valence-corrected chi connectivity index (χ1v) is 6.52. The van der Waals surface area contributed by atoms with Gasteiger partial charge in [0.05, 0.1) is 0 Å². The maximum Gasteiger partial charge on any atom is 0.471 e. The number of carboxylic acids is 1. The third kappa shape index (κ3) is 3.18. The molecule has 7 heteroatoms. The van der Waals surface area contributed by atoms with Crippen molar-refractivity contribution in [1.82, 2.24) is 5.32 Å². The molecule has 0 bridgehead atoms. The summed E-state index contributed by atoms with van der Waals surface area (Å²) in [4.78, 5) is 23.3. The van der Waals surface area contributed by atoms with E-state index in [1.165, 1.54) is 48.5 Å². The van der Waals surface area contributed by atoms with E-state index in [0.29, 0.717) is 0 Å². The molecule has 0 radical (unpaired) electrons. The van der Waals surface area contributed by atoms with Crippen molar-refractivity contribution in [3.8, 4) is 0 Å². The molecule has 1 amide bonds. The number of hydrogen-bond donors (Lipinski definition) is 2. The molecule has 0 aliphatic carbocycles. The quantitative estimate of drug-likeness (QED) is 0.909. The fourth-order valence-corrected chi connectivity index (χ4v) is 2.23. The Hall–Kier alpha value is -2.83. The molecule has 4 nitrogen and oxygen atoms in total. The number of rotatable bonds is 4. The van der Waals surface area contributed by atoms with Crippen molar-refractivity contribution < 1.29 is 27.9 Å². The van der Waals surface area contributed by atoms with Crippen LogP contribution in [0.25, 0.3) is 0 Å². The Bertz CT molecular complexity index is 660. The minimum Gasteiger partial charge on any atom is -0.479 e. The summed E-state index contributed by atoms with van der Waals surface area (Å²) < 4.78 is 38.0. The standard InChI is InChI=1S/C16H12F3NO3/c17-16(18,19)13(21)20-15(14(22)23,11-7-3-1-4-8-11)12-9-5-2-6-10-12/h1-10H,(H,20,21)(H,22,23). The highest BCUT2D eigenvalue weighted by Crippen LogP contribution is 2.31. The van der Waals surface area contributed by atoms with E-state index < -0.39 is 23.6 Å². The van der Waals surface area contributed by atoms with Crippen LogP contribution in [0.2, 0.25) is 0 Å². The summed E-state index contributed by atoms with van der Waals surface area (Å²) in [6.07, 6.45) is -5.20. The van der Waals surface area contributed by atoms with Crippen LogP contribution in [0.5, 0.6) is 0 Å². The van der Waals surface area contributed by atoms with Crippen LogP contribution in [0.4, 0.5) is 13.2 Å². The van der Waals surface area contributed by atoms with Gasteiger partial charge in [-0.3, -0.25) is 4.79 Å². The topological polar surface area (TPSA) is 66.4 Å². The van der Waals surface area contributed by atoms with Gasteiger partial charge in [0.25, 0.3) is 0 Å². The molecule has 0 saturated heterocycles. The maximum atomic E-state index is 12.7. The molecule has 0 fully saturated rings. The molecule has 0 heterocycles. The fourth-order valence-electron chi connectivity index (χ4n) is 2.23. The van der Waals surface area contributed by atoms with E-state index in [-0.39, 0.29) is 11.1 Å². The lowest BCUT2D eigenvalue weighted by atomic mass is 9.82. The summed E-state index contributed by atoms with van der Waals surface area (Å²) in [5, 5.41) is 11.3. The van der Waals surface area contributed by atoms with Crippen LogP contribution in [0.3, 0.4) is 0 Å². The molecule has 0 saturated carbocycles. The van der Waals surface area contributed by atoms with Crippen molar-refractivity contribution >= 4 is 11.9 Å². The van der Waals surface area contributed by atoms with E-state index in [1.54, 1.807) is 17.4 Å². The SMILES string of the molecule is O=C(NC(C(=O)O)(c1ccccc1)c1ccccc1)C(F)(F)F. The van der Waals surface area contributed by atoms with Crippen LogP contribution >= 0.6 is 0 Å². The molecule has 2 N–H and O–H groups in total. The Morgan fingerprint density at radius 3 is 1.52 bits per heavy atom. The zero-order valence-electron chi connectivity index (χ0n) is 11.7. The molecule has 2 aromatic rings. The van der Waals surface area contributed by atoms with Gasteiger partial charge in [0.15, 0.2) is 5.54 Å². The van der Waals surface area contributed by atoms with Gasteiger partial charge in [-0.1, -0.05) is 60.7 Å². The van der Waals surface area contributed by atoms with E-state index in [0.717, 1.165) is 0 Å². The number of benzene rings is 2. The number of carboxylic acid groups (broad SMARTS) is 1. The number of aliphatic carboxylic acids is 1. The molecule has 0 atom stereocenters. The Morgan fingerprint density at radius 1 is 0.826 bits per heavy atom. The first-order valence-electron chi connectivity index (χ1n) is 6.52. The van der Waals surface area contributed by atoms with Crippen LogP contribution < -0.4 is 5.32 Å². The lowest BCUT2D eigenvalue weighted by Gasteiger charge is -2.32. The third-order valence-electron chi connectivity index (χ3n) is 3.29. The van der Waals surface area contributed by atoms with Crippen molar-refractivity contribution in [2.45, 2.75) is 11.7 Å². The number of hydrogen-bond acceptors (Lipinski definition) is 2. The molecule has 0 unspecified atom stereocenters. The second-order valence-corrected chi connectivity index (χ2v) is 4.74. The summed E-state index contributed by atoms with van der Waals surface area (Å²) >= 11 is 0. The monoisotopic (exact) mass is 323 g/mol. The van der Waals surface area contributed by atoms with Gasteiger partial charge < -0.3 is 10.4 Å². The van der Waals surface area contributed by atoms with Crippen molar-refractivity contribution in [3.63, 3.8) is 0 Å². The number of carbonyl (C=O) groups excluding carboxylic acids is 1. The van der Waals surface area contributed by atoms with Crippen molar-refractivity contribution in [2.75, 3.05) is 0 Å². The number of halogens is 3. The first-order chi connectivity index (χ1) is 10.8. The van der Waals surface area contributed by atoms with Crippen molar-refractivity contribution in [3.05, 3.63) is 71.8 Å². The van der Waals surface area contributed by atoms with Gasteiger partial charge in [-0.2, -0.15) is 13.2 Å². The summed E-state index contributed by atoms with van der Waals surface area (Å²) in [6, 6.07) is 14.5.